The van der Waals surface area contributed by atoms with E-state index in [9.17, 15) is 4.79 Å². The molecule has 66 valence electrons. The lowest BCUT2D eigenvalue weighted by Crippen LogP contribution is -2.02. The van der Waals surface area contributed by atoms with Crippen LogP contribution in [-0.4, -0.2) is 12.3 Å². The van der Waals surface area contributed by atoms with E-state index >= 15 is 0 Å². The zero-order valence-electron chi connectivity index (χ0n) is 6.84. The van der Waals surface area contributed by atoms with Crippen LogP contribution >= 0.6 is 0 Å². The fourth-order valence-electron chi connectivity index (χ4n) is 0.856. The summed E-state index contributed by atoms with van der Waals surface area (Å²) in [5.74, 6) is -0.210. The van der Waals surface area contributed by atoms with Gasteiger partial charge in [-0.15, -0.1) is 0 Å². The number of anilines is 1. The van der Waals surface area contributed by atoms with Crippen molar-refractivity contribution in [3.63, 3.8) is 0 Å². The van der Waals surface area contributed by atoms with Crippen molar-refractivity contribution in [1.82, 2.24) is 0 Å². The van der Waals surface area contributed by atoms with E-state index in [0.29, 0.717) is 11.3 Å². The fourth-order valence-corrected chi connectivity index (χ4v) is 0.856. The second kappa shape index (κ2) is 4.13. The van der Waals surface area contributed by atoms with Crippen LogP contribution in [0.4, 0.5) is 5.69 Å². The number of nitrogens with two attached hydrogens (primary N) is 1. The van der Waals surface area contributed by atoms with E-state index in [0.717, 1.165) is 0 Å². The van der Waals surface area contributed by atoms with Gasteiger partial charge in [-0.25, -0.2) is 0 Å². The van der Waals surface area contributed by atoms with Crippen LogP contribution in [0.5, 0.6) is 0 Å². The van der Waals surface area contributed by atoms with Crippen molar-refractivity contribution in [1.29, 1.82) is 0 Å². The van der Waals surface area contributed by atoms with Crippen molar-refractivity contribution in [3.05, 3.63) is 40.3 Å². The number of nitrogens with zero attached hydrogens (tertiary/aromatic N) is 3. The van der Waals surface area contributed by atoms with Gasteiger partial charge in [0.15, 0.2) is 5.78 Å². The average molecular weight is 176 g/mol. The summed E-state index contributed by atoms with van der Waals surface area (Å²) in [7, 11) is 0. The summed E-state index contributed by atoms with van der Waals surface area (Å²) in [6, 6.07) is 6.46. The van der Waals surface area contributed by atoms with Gasteiger partial charge in [0.05, 0.1) is 6.54 Å². The van der Waals surface area contributed by atoms with E-state index in [-0.39, 0.29) is 12.3 Å². The molecule has 1 aromatic rings. The highest BCUT2D eigenvalue weighted by molar-refractivity contribution is 5.97. The third-order valence-electron chi connectivity index (χ3n) is 1.51. The van der Waals surface area contributed by atoms with Crippen molar-refractivity contribution in [2.45, 2.75) is 0 Å². The Labute approximate surface area is 74.8 Å². The smallest absolute Gasteiger partial charge is 0.168 e. The van der Waals surface area contributed by atoms with Crippen LogP contribution < -0.4 is 5.73 Å². The van der Waals surface area contributed by atoms with Crippen LogP contribution in [0.15, 0.2) is 29.4 Å². The minimum atomic E-state index is -0.210. The highest BCUT2D eigenvalue weighted by atomic mass is 16.1. The van der Waals surface area contributed by atoms with Crippen LogP contribution in [0.25, 0.3) is 10.4 Å². The van der Waals surface area contributed by atoms with Gasteiger partial charge in [-0.3, -0.25) is 4.79 Å². The maximum atomic E-state index is 11.2. The fraction of sp³-hybridized carbons (Fsp3) is 0.125. The highest BCUT2D eigenvalue weighted by Gasteiger charge is 2.02. The number of nitrogen functional groups attached to an aromatic ring is 1. The van der Waals surface area contributed by atoms with Gasteiger partial charge < -0.3 is 5.73 Å². The van der Waals surface area contributed by atoms with Crippen molar-refractivity contribution in [3.8, 4) is 0 Å². The van der Waals surface area contributed by atoms with Crippen molar-refractivity contribution in [2.75, 3.05) is 12.3 Å². The van der Waals surface area contributed by atoms with Gasteiger partial charge in [0.25, 0.3) is 0 Å². The lowest BCUT2D eigenvalue weighted by Gasteiger charge is -1.96. The molecule has 1 rings (SSSR count). The number of hydrogen-bond donors (Lipinski definition) is 1. The van der Waals surface area contributed by atoms with Gasteiger partial charge in [-0.05, 0) is 29.8 Å². The van der Waals surface area contributed by atoms with Crippen LogP contribution in [0.1, 0.15) is 10.4 Å². The molecule has 0 amide bonds. The molecule has 0 fully saturated rings. The maximum absolute atomic E-state index is 11.2. The van der Waals surface area contributed by atoms with Gasteiger partial charge in [0.1, 0.15) is 0 Å². The molecule has 0 bridgehead atoms. The number of ketones is 1. The summed E-state index contributed by atoms with van der Waals surface area (Å²) in [6.07, 6.45) is 0. The highest BCUT2D eigenvalue weighted by Crippen LogP contribution is 2.06. The maximum Gasteiger partial charge on any atom is 0.168 e. The number of benzene rings is 1. The minimum absolute atomic E-state index is 0.152. The molecule has 1 aromatic carbocycles. The lowest BCUT2D eigenvalue weighted by atomic mass is 10.1. The predicted octanol–water partition coefficient (Wildman–Crippen LogP) is 1.76. The van der Waals surface area contributed by atoms with E-state index < -0.39 is 0 Å². The predicted molar refractivity (Wildman–Crippen MR) is 49.2 cm³/mol. The number of azide groups is 1. The van der Waals surface area contributed by atoms with E-state index in [1.807, 2.05) is 0 Å². The zero-order valence-corrected chi connectivity index (χ0v) is 6.84. The normalized spacial score (nSPS) is 8.92. The number of hydrogen-bond acceptors (Lipinski definition) is 3. The standard InChI is InChI=1S/C8H8N4O/c9-7-3-1-6(2-4-7)8(13)5-11-12-10/h1-4H,5,9H2. The second-order valence-electron chi connectivity index (χ2n) is 2.43. The van der Waals surface area contributed by atoms with Gasteiger partial charge in [-0.2, -0.15) is 0 Å². The third-order valence-corrected chi connectivity index (χ3v) is 1.51. The summed E-state index contributed by atoms with van der Waals surface area (Å²) < 4.78 is 0. The SMILES string of the molecule is [N-]=[N+]=NCC(=O)c1ccc(N)cc1. The first-order valence-electron chi connectivity index (χ1n) is 3.63. The third kappa shape index (κ3) is 2.50. The Morgan fingerprint density at radius 1 is 1.46 bits per heavy atom. The monoisotopic (exact) mass is 176 g/mol. The zero-order chi connectivity index (χ0) is 9.68. The molecule has 0 aliphatic heterocycles. The summed E-state index contributed by atoms with van der Waals surface area (Å²) in [6.45, 7) is -0.152. The largest absolute Gasteiger partial charge is 0.399 e. The van der Waals surface area contributed by atoms with Crippen LogP contribution in [-0.2, 0) is 0 Å². The minimum Gasteiger partial charge on any atom is -0.399 e. The first-order chi connectivity index (χ1) is 6.24. The van der Waals surface area contributed by atoms with E-state index in [1.165, 1.54) is 0 Å². The topological polar surface area (TPSA) is 91.9 Å². The van der Waals surface area contributed by atoms with Crippen molar-refractivity contribution < 1.29 is 4.79 Å². The molecule has 0 aliphatic carbocycles. The Hall–Kier alpha value is -2.00. The first kappa shape index (κ1) is 9.09. The molecule has 0 saturated carbocycles. The quantitative estimate of drug-likeness (QED) is 0.250. The second-order valence-corrected chi connectivity index (χ2v) is 2.43. The molecule has 0 aromatic heterocycles. The van der Waals surface area contributed by atoms with E-state index in [4.69, 9.17) is 11.3 Å². The van der Waals surface area contributed by atoms with E-state index in [2.05, 4.69) is 10.0 Å². The molecule has 0 aliphatic rings. The molecule has 0 atom stereocenters. The summed E-state index contributed by atoms with van der Waals surface area (Å²) in [5.41, 5.74) is 14.5. The van der Waals surface area contributed by atoms with Crippen LogP contribution in [0.2, 0.25) is 0 Å². The Kier molecular flexibility index (Phi) is 2.89. The summed E-state index contributed by atoms with van der Waals surface area (Å²) >= 11 is 0. The lowest BCUT2D eigenvalue weighted by molar-refractivity contribution is 0.100. The van der Waals surface area contributed by atoms with Gasteiger partial charge >= 0.3 is 0 Å². The first-order valence-corrected chi connectivity index (χ1v) is 3.63. The van der Waals surface area contributed by atoms with Crippen molar-refractivity contribution >= 4 is 11.5 Å². The van der Waals surface area contributed by atoms with Crippen LogP contribution in [0.3, 0.4) is 0 Å². The Morgan fingerprint density at radius 2 is 2.08 bits per heavy atom. The number of carbonyl (C=O) groups is 1. The molecular formula is C8H8N4O. The average Bonchev–Trinajstić information content (AvgIpc) is 2.15. The number of carbonyl (C=O) groups excluding carboxylic acids is 1. The molecular weight excluding hydrogens is 168 g/mol. The Balaban J connectivity index is 2.77. The molecule has 0 radical (unpaired) electrons. The summed E-state index contributed by atoms with van der Waals surface area (Å²) in [4.78, 5) is 13.7. The number of rotatable bonds is 3. The molecule has 0 heterocycles. The molecule has 0 spiro atoms. The van der Waals surface area contributed by atoms with E-state index in [1.54, 1.807) is 24.3 Å². The van der Waals surface area contributed by atoms with Crippen LogP contribution in [0, 0.1) is 0 Å². The molecule has 2 N–H and O–H groups in total. The molecule has 5 nitrogen and oxygen atoms in total. The Bertz CT molecular complexity index is 351. The molecule has 5 heteroatoms. The van der Waals surface area contributed by atoms with Crippen molar-refractivity contribution in [2.24, 2.45) is 5.11 Å². The van der Waals surface area contributed by atoms with Gasteiger partial charge in [-0.1, -0.05) is 5.11 Å². The van der Waals surface area contributed by atoms with Gasteiger partial charge in [0.2, 0.25) is 0 Å². The molecule has 13 heavy (non-hydrogen) atoms. The summed E-state index contributed by atoms with van der Waals surface area (Å²) in [5, 5.41) is 3.17. The number of Topliss-reactive ketones (excluding diaryl/α,β-unsaturated/α-hetero) is 1. The molecule has 0 saturated heterocycles. The Morgan fingerprint density at radius 3 is 2.62 bits per heavy atom. The van der Waals surface area contributed by atoms with Gasteiger partial charge in [0, 0.05) is 16.2 Å². The molecule has 0 unspecified atom stereocenters.